The van der Waals surface area contributed by atoms with Crippen molar-refractivity contribution in [3.8, 4) is 0 Å². The summed E-state index contributed by atoms with van der Waals surface area (Å²) >= 11 is 1.90. The van der Waals surface area contributed by atoms with E-state index in [1.807, 2.05) is 11.8 Å². The van der Waals surface area contributed by atoms with Crippen LogP contribution in [-0.2, 0) is 0 Å². The Morgan fingerprint density at radius 3 is 2.75 bits per heavy atom. The molecule has 92 valence electrons. The molecule has 1 N–H and O–H groups in total. The zero-order valence-electron chi connectivity index (χ0n) is 10.6. The van der Waals surface area contributed by atoms with Crippen molar-refractivity contribution < 1.29 is 0 Å². The Labute approximate surface area is 104 Å². The number of hydrogen-bond donors (Lipinski definition) is 1. The number of hydrogen-bond acceptors (Lipinski definition) is 2. The molecule has 1 saturated carbocycles. The van der Waals surface area contributed by atoms with E-state index >= 15 is 0 Å². The molecular weight excluding hydrogens is 216 g/mol. The smallest absolute Gasteiger partial charge is 0.156 e. The Balaban J connectivity index is 1.83. The Kier molecular flexibility index (Phi) is 4.17. The fourth-order valence-corrected chi connectivity index (χ4v) is 3.66. The van der Waals surface area contributed by atoms with Crippen molar-refractivity contribution in [3.05, 3.63) is 0 Å². The number of amidine groups is 1. The molecule has 0 aromatic carbocycles. The van der Waals surface area contributed by atoms with Gasteiger partial charge in [0.05, 0.1) is 0 Å². The molecule has 0 aromatic rings. The second-order valence-corrected chi connectivity index (χ2v) is 6.56. The first kappa shape index (κ1) is 12.3. The van der Waals surface area contributed by atoms with Crippen molar-refractivity contribution in [2.75, 3.05) is 12.3 Å². The molecule has 2 aliphatic rings. The van der Waals surface area contributed by atoms with Crippen LogP contribution in [0.3, 0.4) is 0 Å². The minimum absolute atomic E-state index is 0.484. The van der Waals surface area contributed by atoms with Crippen LogP contribution in [-0.4, -0.2) is 23.5 Å². The minimum atomic E-state index is 0.484. The summed E-state index contributed by atoms with van der Waals surface area (Å²) in [4.78, 5) is 4.79. The maximum atomic E-state index is 4.79. The van der Waals surface area contributed by atoms with Crippen molar-refractivity contribution in [2.24, 2.45) is 10.4 Å². The molecule has 1 unspecified atom stereocenters. The van der Waals surface area contributed by atoms with Crippen LogP contribution in [0.4, 0.5) is 0 Å². The number of nitrogens with one attached hydrogen (secondary N) is 1. The van der Waals surface area contributed by atoms with Crippen LogP contribution in [0.2, 0.25) is 0 Å². The monoisotopic (exact) mass is 240 g/mol. The molecule has 0 bridgehead atoms. The van der Waals surface area contributed by atoms with Crippen molar-refractivity contribution in [1.29, 1.82) is 0 Å². The highest BCUT2D eigenvalue weighted by Gasteiger charge is 2.27. The summed E-state index contributed by atoms with van der Waals surface area (Å²) in [5.74, 6) is 1.20. The van der Waals surface area contributed by atoms with Crippen LogP contribution in [0.5, 0.6) is 0 Å². The van der Waals surface area contributed by atoms with Gasteiger partial charge in [0.2, 0.25) is 0 Å². The third-order valence-electron chi connectivity index (χ3n) is 3.91. The Hall–Kier alpha value is -0.180. The van der Waals surface area contributed by atoms with Gasteiger partial charge in [0.15, 0.2) is 5.17 Å². The van der Waals surface area contributed by atoms with Crippen molar-refractivity contribution in [3.63, 3.8) is 0 Å². The number of rotatable bonds is 3. The lowest BCUT2D eigenvalue weighted by atomic mass is 9.76. The predicted molar refractivity (Wildman–Crippen MR) is 73.2 cm³/mol. The lowest BCUT2D eigenvalue weighted by molar-refractivity contribution is 0.227. The van der Waals surface area contributed by atoms with E-state index in [-0.39, 0.29) is 0 Å². The lowest BCUT2D eigenvalue weighted by Gasteiger charge is -2.31. The van der Waals surface area contributed by atoms with Crippen LogP contribution in [0.15, 0.2) is 4.99 Å². The molecule has 0 aromatic heterocycles. The van der Waals surface area contributed by atoms with Gasteiger partial charge in [-0.3, -0.25) is 4.99 Å². The molecule has 0 spiro atoms. The summed E-state index contributed by atoms with van der Waals surface area (Å²) in [7, 11) is 0. The van der Waals surface area contributed by atoms with E-state index in [2.05, 4.69) is 19.2 Å². The van der Waals surface area contributed by atoms with Crippen LogP contribution in [0, 0.1) is 5.41 Å². The van der Waals surface area contributed by atoms with E-state index in [4.69, 9.17) is 4.99 Å². The summed E-state index contributed by atoms with van der Waals surface area (Å²) in [6.45, 7) is 5.68. The molecule has 16 heavy (non-hydrogen) atoms. The molecule has 1 aliphatic heterocycles. The molecule has 1 aliphatic carbocycles. The molecule has 2 fully saturated rings. The molecule has 1 saturated heterocycles. The van der Waals surface area contributed by atoms with Crippen molar-refractivity contribution >= 4 is 16.9 Å². The molecule has 0 amide bonds. The number of nitrogens with zero attached hydrogens (tertiary/aromatic N) is 1. The SMILES string of the molecule is CCC1CSC(=NCC2(C)CCCCC2)N1. The standard InChI is InChI=1S/C13H24N2S/c1-3-11-9-16-12(15-11)14-10-13(2)7-5-4-6-8-13/h11H,3-10H2,1-2H3,(H,14,15). The second-order valence-electron chi connectivity index (χ2n) is 5.55. The van der Waals surface area contributed by atoms with Gasteiger partial charge < -0.3 is 5.32 Å². The van der Waals surface area contributed by atoms with Gasteiger partial charge in [0.25, 0.3) is 0 Å². The fraction of sp³-hybridized carbons (Fsp3) is 0.923. The number of thioether (sulfide) groups is 1. The van der Waals surface area contributed by atoms with E-state index < -0.39 is 0 Å². The van der Waals surface area contributed by atoms with Gasteiger partial charge in [-0.05, 0) is 24.7 Å². The van der Waals surface area contributed by atoms with E-state index in [1.165, 1.54) is 49.4 Å². The Bertz CT molecular complexity index is 257. The van der Waals surface area contributed by atoms with E-state index in [0.717, 1.165) is 6.54 Å². The summed E-state index contributed by atoms with van der Waals surface area (Å²) < 4.78 is 0. The van der Waals surface area contributed by atoms with Crippen LogP contribution in [0.1, 0.15) is 52.4 Å². The van der Waals surface area contributed by atoms with Crippen molar-refractivity contribution in [1.82, 2.24) is 5.32 Å². The summed E-state index contributed by atoms with van der Waals surface area (Å²) in [5, 5.41) is 4.70. The van der Waals surface area contributed by atoms with Gasteiger partial charge in [0, 0.05) is 18.3 Å². The molecule has 0 radical (unpaired) electrons. The van der Waals surface area contributed by atoms with Gasteiger partial charge in [0.1, 0.15) is 0 Å². The highest BCUT2D eigenvalue weighted by molar-refractivity contribution is 8.14. The third-order valence-corrected chi connectivity index (χ3v) is 5.00. The second kappa shape index (κ2) is 5.44. The summed E-state index contributed by atoms with van der Waals surface area (Å²) in [5.41, 5.74) is 0.484. The summed E-state index contributed by atoms with van der Waals surface area (Å²) in [6, 6.07) is 0.655. The Morgan fingerprint density at radius 2 is 2.12 bits per heavy atom. The Morgan fingerprint density at radius 1 is 1.38 bits per heavy atom. The maximum Gasteiger partial charge on any atom is 0.156 e. The first-order valence-corrected chi connectivity index (χ1v) is 7.64. The maximum absolute atomic E-state index is 4.79. The molecule has 1 heterocycles. The normalized spacial score (nSPS) is 31.6. The van der Waals surface area contributed by atoms with Crippen LogP contribution >= 0.6 is 11.8 Å². The first-order valence-electron chi connectivity index (χ1n) is 6.66. The van der Waals surface area contributed by atoms with E-state index in [1.54, 1.807) is 0 Å². The van der Waals surface area contributed by atoms with Gasteiger partial charge in [-0.2, -0.15) is 0 Å². The highest BCUT2D eigenvalue weighted by Crippen LogP contribution is 2.36. The van der Waals surface area contributed by atoms with Crippen LogP contribution in [0.25, 0.3) is 0 Å². The van der Waals surface area contributed by atoms with Gasteiger partial charge >= 0.3 is 0 Å². The molecule has 2 nitrogen and oxygen atoms in total. The first-order chi connectivity index (χ1) is 7.72. The zero-order chi connectivity index (χ0) is 11.4. The largest absolute Gasteiger partial charge is 0.361 e. The van der Waals surface area contributed by atoms with E-state index in [9.17, 15) is 0 Å². The molecule has 2 rings (SSSR count). The lowest BCUT2D eigenvalue weighted by Crippen LogP contribution is -2.28. The highest BCUT2D eigenvalue weighted by atomic mass is 32.2. The van der Waals surface area contributed by atoms with Gasteiger partial charge in [-0.15, -0.1) is 0 Å². The van der Waals surface area contributed by atoms with Crippen molar-refractivity contribution in [2.45, 2.75) is 58.4 Å². The van der Waals surface area contributed by atoms with Gasteiger partial charge in [-0.1, -0.05) is 44.9 Å². The number of aliphatic imine (C=N–C) groups is 1. The van der Waals surface area contributed by atoms with Crippen LogP contribution < -0.4 is 5.32 Å². The van der Waals surface area contributed by atoms with E-state index in [0.29, 0.717) is 11.5 Å². The average Bonchev–Trinajstić information content (AvgIpc) is 2.75. The quantitative estimate of drug-likeness (QED) is 0.817. The minimum Gasteiger partial charge on any atom is -0.361 e. The van der Waals surface area contributed by atoms with Gasteiger partial charge in [-0.25, -0.2) is 0 Å². The average molecular weight is 240 g/mol. The molecular formula is C13H24N2S. The molecule has 1 atom stereocenters. The molecule has 3 heteroatoms. The fourth-order valence-electron chi connectivity index (χ4n) is 2.57. The summed E-state index contributed by atoms with van der Waals surface area (Å²) in [6.07, 6.45) is 8.18. The predicted octanol–water partition coefficient (Wildman–Crippen LogP) is 3.43. The third kappa shape index (κ3) is 3.16. The zero-order valence-corrected chi connectivity index (χ0v) is 11.4. The topological polar surface area (TPSA) is 24.4 Å².